The number of rotatable bonds is 1. The molecule has 4 aromatic heterocycles. The number of aromatic nitrogens is 4. The summed E-state index contributed by atoms with van der Waals surface area (Å²) in [7, 11) is 3.58. The highest BCUT2D eigenvalue weighted by molar-refractivity contribution is 6.02. The molecule has 1 aliphatic rings. The van der Waals surface area contributed by atoms with Gasteiger partial charge in [0.25, 0.3) is 0 Å². The molecule has 6 rings (SSSR count). The first kappa shape index (κ1) is 22.7. The summed E-state index contributed by atoms with van der Waals surface area (Å²) in [4.78, 5) is 33.0. The third-order valence-electron chi connectivity index (χ3n) is 6.44. The lowest BCUT2D eigenvalue weighted by atomic mass is 10.1. The Morgan fingerprint density at radius 1 is 1.05 bits per heavy atom. The Kier molecular flexibility index (Phi) is 5.56. The molecule has 1 aromatic carbocycles. The standard InChI is InChI=1S/C27H25N7O3/c1-15-7-10-25(35)34(3)16-8-9-21-20(11-16)31-27(37-21)19-14-30-26(28-2)18-13-29-23(12-17(18)19)32-22-5-4-6-24(33-22)36-15/h4-6,8-9,11-15H,7,10H2,1-3H3,(H,28,30)(H,29,32,33)/t15-/m0/s1. The van der Waals surface area contributed by atoms with E-state index in [1.807, 2.05) is 50.4 Å². The normalized spacial score (nSPS) is 15.9. The van der Waals surface area contributed by atoms with Gasteiger partial charge >= 0.3 is 0 Å². The van der Waals surface area contributed by atoms with E-state index in [0.717, 1.165) is 22.0 Å². The second-order valence-electron chi connectivity index (χ2n) is 8.96. The average molecular weight is 496 g/mol. The van der Waals surface area contributed by atoms with Gasteiger partial charge in [0.05, 0.1) is 11.7 Å². The molecule has 186 valence electrons. The molecular weight excluding hydrogens is 470 g/mol. The number of carbonyl (C=O) groups excluding carboxylic acids is 1. The largest absolute Gasteiger partial charge is 0.475 e. The maximum absolute atomic E-state index is 12.9. The van der Waals surface area contributed by atoms with Crippen molar-refractivity contribution in [2.24, 2.45) is 0 Å². The minimum Gasteiger partial charge on any atom is -0.475 e. The van der Waals surface area contributed by atoms with Crippen LogP contribution in [0.2, 0.25) is 0 Å². The molecule has 10 heteroatoms. The second-order valence-corrected chi connectivity index (χ2v) is 8.96. The number of hydrogen-bond acceptors (Lipinski definition) is 9. The van der Waals surface area contributed by atoms with Crippen molar-refractivity contribution in [1.29, 1.82) is 0 Å². The van der Waals surface area contributed by atoms with Gasteiger partial charge in [-0.3, -0.25) is 4.79 Å². The zero-order valence-electron chi connectivity index (χ0n) is 20.6. The summed E-state index contributed by atoms with van der Waals surface area (Å²) in [6.45, 7) is 1.93. The molecule has 0 saturated carbocycles. The molecule has 7 bridgehead atoms. The summed E-state index contributed by atoms with van der Waals surface area (Å²) >= 11 is 0. The topological polar surface area (TPSA) is 118 Å². The highest BCUT2D eigenvalue weighted by Crippen LogP contribution is 2.35. The van der Waals surface area contributed by atoms with Gasteiger partial charge in [0.1, 0.15) is 23.0 Å². The van der Waals surface area contributed by atoms with Crippen molar-refractivity contribution in [3.8, 4) is 17.3 Å². The van der Waals surface area contributed by atoms with Gasteiger partial charge in [-0.05, 0) is 43.7 Å². The fraction of sp³-hybridized carbons (Fsp3) is 0.222. The van der Waals surface area contributed by atoms with Crippen LogP contribution in [0, 0.1) is 0 Å². The first-order valence-corrected chi connectivity index (χ1v) is 12.0. The first-order chi connectivity index (χ1) is 18.0. The molecule has 10 nitrogen and oxygen atoms in total. The van der Waals surface area contributed by atoms with Crippen LogP contribution in [0.5, 0.6) is 5.88 Å². The smallest absolute Gasteiger partial charge is 0.229 e. The van der Waals surface area contributed by atoms with Crippen molar-refractivity contribution in [3.63, 3.8) is 0 Å². The maximum Gasteiger partial charge on any atom is 0.229 e. The van der Waals surface area contributed by atoms with Crippen LogP contribution in [0.4, 0.5) is 23.1 Å². The lowest BCUT2D eigenvalue weighted by Crippen LogP contribution is -2.27. The molecule has 5 heterocycles. The van der Waals surface area contributed by atoms with Crippen molar-refractivity contribution in [2.75, 3.05) is 29.6 Å². The van der Waals surface area contributed by atoms with E-state index in [1.54, 1.807) is 30.4 Å². The van der Waals surface area contributed by atoms with Crippen LogP contribution in [0.25, 0.3) is 33.3 Å². The van der Waals surface area contributed by atoms with E-state index in [4.69, 9.17) is 14.1 Å². The Hall–Kier alpha value is -4.73. The van der Waals surface area contributed by atoms with Crippen LogP contribution >= 0.6 is 0 Å². The second kappa shape index (κ2) is 9.05. The highest BCUT2D eigenvalue weighted by Gasteiger charge is 2.19. The van der Waals surface area contributed by atoms with Gasteiger partial charge in [0.15, 0.2) is 5.58 Å². The number of ether oxygens (including phenoxy) is 1. The van der Waals surface area contributed by atoms with Crippen molar-refractivity contribution in [3.05, 3.63) is 54.9 Å². The highest BCUT2D eigenvalue weighted by atomic mass is 16.5. The zero-order valence-corrected chi connectivity index (χ0v) is 20.6. The van der Waals surface area contributed by atoms with Gasteiger partial charge < -0.3 is 24.7 Å². The number of amides is 1. The van der Waals surface area contributed by atoms with E-state index in [1.165, 1.54) is 0 Å². The third kappa shape index (κ3) is 4.26. The number of nitrogens with zero attached hydrogens (tertiary/aromatic N) is 5. The Morgan fingerprint density at radius 3 is 2.81 bits per heavy atom. The third-order valence-corrected chi connectivity index (χ3v) is 6.44. The lowest BCUT2D eigenvalue weighted by molar-refractivity contribution is -0.118. The van der Waals surface area contributed by atoms with Crippen molar-refractivity contribution in [2.45, 2.75) is 25.9 Å². The predicted molar refractivity (Wildman–Crippen MR) is 142 cm³/mol. The van der Waals surface area contributed by atoms with Gasteiger partial charge in [-0.1, -0.05) is 6.07 Å². The van der Waals surface area contributed by atoms with E-state index >= 15 is 0 Å². The van der Waals surface area contributed by atoms with E-state index in [9.17, 15) is 4.79 Å². The molecule has 0 saturated heterocycles. The molecule has 0 fully saturated rings. The molecule has 1 aliphatic heterocycles. The molecule has 0 spiro atoms. The molecule has 37 heavy (non-hydrogen) atoms. The summed E-state index contributed by atoms with van der Waals surface area (Å²) in [6, 6.07) is 13.0. The monoisotopic (exact) mass is 495 g/mol. The number of oxazole rings is 1. The van der Waals surface area contributed by atoms with Crippen LogP contribution in [-0.4, -0.2) is 46.0 Å². The maximum atomic E-state index is 12.9. The summed E-state index contributed by atoms with van der Waals surface area (Å²) in [5.41, 5.74) is 2.73. The number of fused-ring (bicyclic) bond motifs is 6. The molecule has 0 unspecified atom stereocenters. The zero-order chi connectivity index (χ0) is 25.5. The van der Waals surface area contributed by atoms with Gasteiger partial charge in [0.2, 0.25) is 17.7 Å². The molecule has 2 N–H and O–H groups in total. The summed E-state index contributed by atoms with van der Waals surface area (Å²) in [5.74, 6) is 2.76. The van der Waals surface area contributed by atoms with Crippen LogP contribution in [0.15, 0.2) is 59.3 Å². The van der Waals surface area contributed by atoms with Crippen molar-refractivity contribution >= 4 is 50.9 Å². The Morgan fingerprint density at radius 2 is 1.95 bits per heavy atom. The molecule has 1 amide bonds. The number of carbonyl (C=O) groups is 1. The van der Waals surface area contributed by atoms with Gasteiger partial charge in [0, 0.05) is 55.4 Å². The molecule has 0 radical (unpaired) electrons. The van der Waals surface area contributed by atoms with E-state index < -0.39 is 0 Å². The minimum absolute atomic E-state index is 0.0181. The molecular formula is C27H25N7O3. The van der Waals surface area contributed by atoms with Crippen molar-refractivity contribution in [1.82, 2.24) is 19.9 Å². The first-order valence-electron chi connectivity index (χ1n) is 12.0. The minimum atomic E-state index is -0.198. The quantitative estimate of drug-likeness (QED) is 0.326. The fourth-order valence-electron chi connectivity index (χ4n) is 4.40. The SMILES string of the molecule is CNc1ncc2c3cc(ncc13)Nc1cccc(n1)O[C@@H](C)CCC(=O)N(C)c1ccc3oc-2nc3c1. The Bertz CT molecular complexity index is 1650. The predicted octanol–water partition coefficient (Wildman–Crippen LogP) is 5.14. The average Bonchev–Trinajstić information content (AvgIpc) is 3.33. The molecule has 5 aromatic rings. The Balaban J connectivity index is 1.53. The molecule has 1 atom stereocenters. The van der Waals surface area contributed by atoms with Gasteiger partial charge in [-0.2, -0.15) is 4.98 Å². The Labute approximate surface area is 212 Å². The van der Waals surface area contributed by atoms with Crippen LogP contribution < -0.4 is 20.3 Å². The molecule has 0 aliphatic carbocycles. The van der Waals surface area contributed by atoms with Crippen LogP contribution in [-0.2, 0) is 4.79 Å². The summed E-state index contributed by atoms with van der Waals surface area (Å²) in [6.07, 6.45) is 4.17. The van der Waals surface area contributed by atoms with Crippen molar-refractivity contribution < 1.29 is 13.9 Å². The van der Waals surface area contributed by atoms with E-state index in [0.29, 0.717) is 53.2 Å². The number of pyridine rings is 3. The number of nitrogens with one attached hydrogen (secondary N) is 2. The van der Waals surface area contributed by atoms with Gasteiger partial charge in [-0.25, -0.2) is 15.0 Å². The summed E-state index contributed by atoms with van der Waals surface area (Å²) in [5, 5.41) is 8.06. The number of hydrogen-bond donors (Lipinski definition) is 2. The number of anilines is 4. The summed E-state index contributed by atoms with van der Waals surface area (Å²) < 4.78 is 12.1. The van der Waals surface area contributed by atoms with Gasteiger partial charge in [-0.15, -0.1) is 0 Å². The van der Waals surface area contributed by atoms with E-state index in [-0.39, 0.29) is 12.0 Å². The van der Waals surface area contributed by atoms with Crippen LogP contribution in [0.3, 0.4) is 0 Å². The fourth-order valence-corrected chi connectivity index (χ4v) is 4.40. The van der Waals surface area contributed by atoms with E-state index in [2.05, 4.69) is 25.6 Å². The lowest BCUT2D eigenvalue weighted by Gasteiger charge is -2.19. The van der Waals surface area contributed by atoms with Crippen LogP contribution in [0.1, 0.15) is 19.8 Å². The number of benzene rings is 1.